The van der Waals surface area contributed by atoms with Gasteiger partial charge in [-0.1, -0.05) is 60.7 Å². The smallest absolute Gasteiger partial charge is 0.123 e. The Balaban J connectivity index is 1.04. The fourth-order valence-corrected chi connectivity index (χ4v) is 7.44. The molecule has 0 saturated carbocycles. The van der Waals surface area contributed by atoms with Crippen LogP contribution in [0, 0.1) is 0 Å². The van der Waals surface area contributed by atoms with Gasteiger partial charge in [-0.05, 0) is 59.7 Å². The highest BCUT2D eigenvalue weighted by molar-refractivity contribution is 7.00. The summed E-state index contributed by atoms with van der Waals surface area (Å²) in [6, 6.07) is 39.4. The van der Waals surface area contributed by atoms with Crippen LogP contribution in [0.15, 0.2) is 115 Å². The minimum atomic E-state index is 0.333. The number of benzene rings is 5. The van der Waals surface area contributed by atoms with E-state index in [9.17, 15) is 0 Å². The molecule has 0 atom stereocenters. The highest BCUT2D eigenvalue weighted by Gasteiger charge is 2.17. The lowest BCUT2D eigenvalue weighted by Crippen LogP contribution is -2.14. The Morgan fingerprint density at radius 2 is 0.691 bits per heavy atom. The maximum atomic E-state index is 6.23. The lowest BCUT2D eigenvalue weighted by Gasteiger charge is -2.25. The van der Waals surface area contributed by atoms with Crippen molar-refractivity contribution < 1.29 is 56.8 Å². The first-order valence-electron chi connectivity index (χ1n) is 23.0. The Hall–Kier alpha value is -5.08. The van der Waals surface area contributed by atoms with Crippen molar-refractivity contribution in [2.24, 2.45) is 0 Å². The molecule has 6 aromatic rings. The van der Waals surface area contributed by atoms with E-state index in [1.54, 1.807) is 14.2 Å². The molecule has 0 amide bonds. The van der Waals surface area contributed by atoms with Gasteiger partial charge in [-0.25, -0.2) is 0 Å². The van der Waals surface area contributed by atoms with E-state index in [-0.39, 0.29) is 0 Å². The maximum absolute atomic E-state index is 6.23. The average molecular weight is 956 g/mol. The van der Waals surface area contributed by atoms with Gasteiger partial charge in [0, 0.05) is 48.5 Å². The second-order valence-electron chi connectivity index (χ2n) is 15.0. The topological polar surface area (TPSA) is 140 Å². The van der Waals surface area contributed by atoms with Gasteiger partial charge in [0.2, 0.25) is 0 Å². The van der Waals surface area contributed by atoms with E-state index in [1.165, 1.54) is 11.7 Å². The molecule has 6 rings (SSSR count). The molecule has 16 heteroatoms. The molecule has 0 aliphatic rings. The molecule has 0 fully saturated rings. The third-order valence-electron chi connectivity index (χ3n) is 10.2. The fourth-order valence-electron chi connectivity index (χ4n) is 6.86. The zero-order valence-electron chi connectivity index (χ0n) is 39.3. The summed E-state index contributed by atoms with van der Waals surface area (Å²) in [5.74, 6) is 1.27. The normalized spacial score (nSPS) is 11.4. The van der Waals surface area contributed by atoms with Crippen LogP contribution in [0.3, 0.4) is 0 Å². The second kappa shape index (κ2) is 31.9. The number of rotatable bonds is 37. The molecule has 0 spiro atoms. The first kappa shape index (κ1) is 52.3. The summed E-state index contributed by atoms with van der Waals surface area (Å²) in [5.41, 5.74) is 8.65. The van der Waals surface area contributed by atoms with Crippen LogP contribution in [0.4, 0.5) is 17.1 Å². The molecule has 0 N–H and O–H groups in total. The van der Waals surface area contributed by atoms with Crippen molar-refractivity contribution in [2.45, 2.75) is 0 Å². The first-order chi connectivity index (χ1) is 33.7. The van der Waals surface area contributed by atoms with Crippen LogP contribution < -0.4 is 14.4 Å². The van der Waals surface area contributed by atoms with Crippen molar-refractivity contribution in [1.82, 2.24) is 8.75 Å². The van der Waals surface area contributed by atoms with E-state index in [2.05, 4.69) is 89.8 Å². The van der Waals surface area contributed by atoms with Gasteiger partial charge in [-0.3, -0.25) is 0 Å². The van der Waals surface area contributed by atoms with Gasteiger partial charge in [0.1, 0.15) is 35.7 Å². The molecular weight excluding hydrogens is 891 g/mol. The predicted molar refractivity (Wildman–Crippen MR) is 264 cm³/mol. The van der Waals surface area contributed by atoms with Gasteiger partial charge in [-0.2, -0.15) is 8.75 Å². The van der Waals surface area contributed by atoms with E-state index >= 15 is 0 Å². The lowest BCUT2D eigenvalue weighted by molar-refractivity contribution is -0.00993. The molecule has 0 unspecified atom stereocenters. The number of hydrogen-bond acceptors (Lipinski definition) is 16. The monoisotopic (exact) mass is 955 g/mol. The quantitative estimate of drug-likeness (QED) is 0.0344. The van der Waals surface area contributed by atoms with E-state index in [1.807, 2.05) is 30.3 Å². The number of methoxy groups -OCH3 is 2. The highest BCUT2D eigenvalue weighted by Crippen LogP contribution is 2.39. The number of aromatic nitrogens is 2. The maximum Gasteiger partial charge on any atom is 0.123 e. The third-order valence-corrected chi connectivity index (χ3v) is 10.7. The molecule has 0 saturated heterocycles. The van der Waals surface area contributed by atoms with Crippen molar-refractivity contribution in [2.75, 3.05) is 151 Å². The standard InChI is InChI=1S/C52H65N3O12S/c1-56-19-21-58-23-25-60-27-29-62-31-33-64-35-37-66-47-39-43(40-48(41-47)67-38-36-65-34-32-63-30-28-61-26-24-59-22-20-57-2)50-18-17-49(51-52(50)54-68-53-51)42-13-15-46(16-14-42)55(44-9-5-3-6-10-44)45-11-7-4-8-12-45/h3-18,39-41H,19-38H2,1-2H3. The Kier molecular flexibility index (Phi) is 24.5. The summed E-state index contributed by atoms with van der Waals surface area (Å²) in [6.45, 7) is 9.47. The van der Waals surface area contributed by atoms with Gasteiger partial charge in [0.15, 0.2) is 0 Å². The average Bonchev–Trinajstić information content (AvgIpc) is 3.88. The van der Waals surface area contributed by atoms with Gasteiger partial charge in [-0.15, -0.1) is 0 Å². The molecule has 68 heavy (non-hydrogen) atoms. The summed E-state index contributed by atoms with van der Waals surface area (Å²) in [6.07, 6.45) is 0. The van der Waals surface area contributed by atoms with Crippen molar-refractivity contribution in [3.05, 3.63) is 115 Å². The fraction of sp³-hybridized carbons (Fsp3) is 0.423. The summed E-state index contributed by atoms with van der Waals surface area (Å²) in [4.78, 5) is 2.25. The van der Waals surface area contributed by atoms with E-state index < -0.39 is 0 Å². The van der Waals surface area contributed by atoms with Crippen LogP contribution in [0.1, 0.15) is 0 Å². The van der Waals surface area contributed by atoms with E-state index in [4.69, 9.17) is 65.6 Å². The lowest BCUT2D eigenvalue weighted by atomic mass is 9.97. The SMILES string of the molecule is COCCOCCOCCOCCOCCOc1cc(OCCOCCOCCOCCOCCOC)cc(-c2ccc(-c3ccc(N(c4ccccc4)c4ccccc4)cc3)c3nsnc23)c1. The summed E-state index contributed by atoms with van der Waals surface area (Å²) in [5, 5.41) is 0. The number of nitrogens with zero attached hydrogens (tertiary/aromatic N) is 3. The van der Waals surface area contributed by atoms with Crippen molar-refractivity contribution >= 4 is 39.8 Å². The molecule has 15 nitrogen and oxygen atoms in total. The molecule has 0 bridgehead atoms. The third kappa shape index (κ3) is 18.1. The highest BCUT2D eigenvalue weighted by atomic mass is 32.1. The van der Waals surface area contributed by atoms with Crippen LogP contribution in [0.25, 0.3) is 33.3 Å². The number of anilines is 3. The Morgan fingerprint density at radius 3 is 1.07 bits per heavy atom. The van der Waals surface area contributed by atoms with Gasteiger partial charge < -0.3 is 61.7 Å². The van der Waals surface area contributed by atoms with Gasteiger partial charge in [0.25, 0.3) is 0 Å². The molecule has 1 aromatic heterocycles. The Morgan fingerprint density at radius 1 is 0.353 bits per heavy atom. The van der Waals surface area contributed by atoms with Crippen LogP contribution in [-0.2, 0) is 47.4 Å². The Bertz CT molecular complexity index is 2150. The minimum absolute atomic E-state index is 0.333. The van der Waals surface area contributed by atoms with Crippen LogP contribution in [0.2, 0.25) is 0 Å². The predicted octanol–water partition coefficient (Wildman–Crippen LogP) is 8.68. The van der Waals surface area contributed by atoms with Crippen LogP contribution in [0.5, 0.6) is 11.5 Å². The van der Waals surface area contributed by atoms with Crippen molar-refractivity contribution in [3.63, 3.8) is 0 Å². The molecule has 0 aliphatic carbocycles. The molecule has 1 heterocycles. The van der Waals surface area contributed by atoms with Gasteiger partial charge in [0.05, 0.1) is 131 Å². The zero-order chi connectivity index (χ0) is 47.1. The number of ether oxygens (including phenoxy) is 12. The van der Waals surface area contributed by atoms with E-state index in [0.29, 0.717) is 144 Å². The number of fused-ring (bicyclic) bond motifs is 1. The zero-order valence-corrected chi connectivity index (χ0v) is 40.1. The first-order valence-corrected chi connectivity index (χ1v) is 23.7. The molecule has 0 aliphatic heterocycles. The van der Waals surface area contributed by atoms with E-state index in [0.717, 1.165) is 50.3 Å². The van der Waals surface area contributed by atoms with Crippen LogP contribution in [-0.4, -0.2) is 155 Å². The Labute approximate surface area is 404 Å². The number of para-hydroxylation sites is 2. The van der Waals surface area contributed by atoms with Gasteiger partial charge >= 0.3 is 0 Å². The summed E-state index contributed by atoms with van der Waals surface area (Å²) >= 11 is 1.19. The molecule has 0 radical (unpaired) electrons. The summed E-state index contributed by atoms with van der Waals surface area (Å²) in [7, 11) is 3.29. The van der Waals surface area contributed by atoms with Crippen molar-refractivity contribution in [3.8, 4) is 33.8 Å². The van der Waals surface area contributed by atoms with Crippen molar-refractivity contribution in [1.29, 1.82) is 0 Å². The van der Waals surface area contributed by atoms with Crippen LogP contribution >= 0.6 is 11.7 Å². The second-order valence-corrected chi connectivity index (χ2v) is 15.5. The molecular formula is C52H65N3O12S. The number of hydrogen-bond donors (Lipinski definition) is 0. The summed E-state index contributed by atoms with van der Waals surface area (Å²) < 4.78 is 76.7. The largest absolute Gasteiger partial charge is 0.491 e. The molecule has 5 aromatic carbocycles. The molecule has 366 valence electrons. The minimum Gasteiger partial charge on any atom is -0.491 e.